The number of amides is 2. The fourth-order valence-corrected chi connectivity index (χ4v) is 3.38. The highest BCUT2D eigenvalue weighted by molar-refractivity contribution is 5.97. The molecule has 0 aromatic rings. The summed E-state index contributed by atoms with van der Waals surface area (Å²) < 4.78 is 0. The maximum absolute atomic E-state index is 11.9. The zero-order valence-electron chi connectivity index (χ0n) is 12.0. The summed E-state index contributed by atoms with van der Waals surface area (Å²) in [5, 5.41) is 3.49. The van der Waals surface area contributed by atoms with Crippen molar-refractivity contribution in [2.75, 3.05) is 13.1 Å². The molecule has 1 heterocycles. The maximum atomic E-state index is 11.9. The number of piperidine rings is 1. The van der Waals surface area contributed by atoms with Crippen LogP contribution >= 0.6 is 0 Å². The molecule has 1 unspecified atom stereocenters. The van der Waals surface area contributed by atoms with Crippen LogP contribution in [0, 0.1) is 5.92 Å². The molecule has 2 rings (SSSR count). The Morgan fingerprint density at radius 2 is 1.74 bits per heavy atom. The first-order valence-electron chi connectivity index (χ1n) is 7.79. The first-order valence-corrected chi connectivity index (χ1v) is 7.79. The third-order valence-electron chi connectivity index (χ3n) is 4.45. The molecule has 0 aromatic carbocycles. The molecule has 108 valence electrons. The van der Waals surface area contributed by atoms with Gasteiger partial charge in [0.05, 0.1) is 0 Å². The first-order chi connectivity index (χ1) is 9.22. The van der Waals surface area contributed by atoms with Crippen LogP contribution in [0.15, 0.2) is 0 Å². The van der Waals surface area contributed by atoms with E-state index >= 15 is 0 Å². The molecule has 1 N–H and O–H groups in total. The lowest BCUT2D eigenvalue weighted by Crippen LogP contribution is -2.51. The molecule has 1 aliphatic carbocycles. The topological polar surface area (TPSA) is 49.4 Å². The maximum Gasteiger partial charge on any atom is 0.229 e. The summed E-state index contributed by atoms with van der Waals surface area (Å²) >= 11 is 0. The third-order valence-corrected chi connectivity index (χ3v) is 4.45. The van der Waals surface area contributed by atoms with Crippen LogP contribution < -0.4 is 5.32 Å². The second-order valence-corrected chi connectivity index (χ2v) is 5.81. The number of likely N-dealkylation sites (tertiary alicyclic amines) is 1. The summed E-state index contributed by atoms with van der Waals surface area (Å²) in [4.78, 5) is 25.3. The molecule has 1 saturated carbocycles. The molecule has 4 heteroatoms. The molecule has 2 aliphatic rings. The van der Waals surface area contributed by atoms with Crippen molar-refractivity contribution in [2.45, 2.75) is 64.3 Å². The van der Waals surface area contributed by atoms with Gasteiger partial charge in [-0.25, -0.2) is 0 Å². The Morgan fingerprint density at radius 1 is 1.11 bits per heavy atom. The summed E-state index contributed by atoms with van der Waals surface area (Å²) in [5.41, 5.74) is 0. The summed E-state index contributed by atoms with van der Waals surface area (Å²) in [6.07, 6.45) is 8.16. The highest BCUT2D eigenvalue weighted by Crippen LogP contribution is 2.27. The second kappa shape index (κ2) is 7.04. The smallest absolute Gasteiger partial charge is 0.229 e. The standard InChI is InChI=1S/C15H26N2O2/c1-2-16-13(12-7-4-3-5-8-12)11-17-14(18)9-6-10-15(17)19/h12-13,16H,2-11H2,1H3. The number of nitrogens with zero attached hydrogens (tertiary/aromatic N) is 1. The summed E-state index contributed by atoms with van der Waals surface area (Å²) in [6.45, 7) is 3.57. The van der Waals surface area contributed by atoms with Gasteiger partial charge in [0.25, 0.3) is 0 Å². The van der Waals surface area contributed by atoms with E-state index < -0.39 is 0 Å². The fourth-order valence-electron chi connectivity index (χ4n) is 3.38. The quantitative estimate of drug-likeness (QED) is 0.775. The fraction of sp³-hybridized carbons (Fsp3) is 0.867. The molecule has 1 saturated heterocycles. The summed E-state index contributed by atoms with van der Waals surface area (Å²) in [6, 6.07) is 0.288. The minimum absolute atomic E-state index is 0.0231. The van der Waals surface area contributed by atoms with Crippen LogP contribution in [0.5, 0.6) is 0 Å². The molecule has 0 aromatic heterocycles. The van der Waals surface area contributed by atoms with Gasteiger partial charge in [-0.1, -0.05) is 26.2 Å². The molecule has 1 atom stereocenters. The highest BCUT2D eigenvalue weighted by Gasteiger charge is 2.31. The van der Waals surface area contributed by atoms with Gasteiger partial charge in [0.2, 0.25) is 11.8 Å². The third kappa shape index (κ3) is 3.78. The van der Waals surface area contributed by atoms with E-state index in [1.54, 1.807) is 0 Å². The van der Waals surface area contributed by atoms with E-state index in [1.807, 2.05) is 0 Å². The monoisotopic (exact) mass is 266 g/mol. The van der Waals surface area contributed by atoms with E-state index in [1.165, 1.54) is 37.0 Å². The Labute approximate surface area is 115 Å². The second-order valence-electron chi connectivity index (χ2n) is 5.81. The number of hydrogen-bond acceptors (Lipinski definition) is 3. The zero-order valence-corrected chi connectivity index (χ0v) is 12.0. The van der Waals surface area contributed by atoms with Gasteiger partial charge in [0, 0.05) is 25.4 Å². The molecule has 19 heavy (non-hydrogen) atoms. The minimum atomic E-state index is 0.0231. The van der Waals surface area contributed by atoms with Crippen LogP contribution in [0.25, 0.3) is 0 Å². The van der Waals surface area contributed by atoms with Crippen molar-refractivity contribution >= 4 is 11.8 Å². The Balaban J connectivity index is 1.98. The van der Waals surface area contributed by atoms with Crippen LogP contribution in [0.3, 0.4) is 0 Å². The van der Waals surface area contributed by atoms with Gasteiger partial charge in [0.15, 0.2) is 0 Å². The van der Waals surface area contributed by atoms with Gasteiger partial charge < -0.3 is 5.32 Å². The normalized spacial score (nSPS) is 23.7. The van der Waals surface area contributed by atoms with Gasteiger partial charge >= 0.3 is 0 Å². The lowest BCUT2D eigenvalue weighted by atomic mass is 9.83. The SMILES string of the molecule is CCNC(CN1C(=O)CCCC1=O)C1CCCCC1. The van der Waals surface area contributed by atoms with Gasteiger partial charge in [-0.05, 0) is 31.7 Å². The van der Waals surface area contributed by atoms with Crippen LogP contribution in [0.4, 0.5) is 0 Å². The van der Waals surface area contributed by atoms with Crippen LogP contribution in [0.1, 0.15) is 58.3 Å². The van der Waals surface area contributed by atoms with Gasteiger partial charge in [-0.2, -0.15) is 0 Å². The minimum Gasteiger partial charge on any atom is -0.312 e. The zero-order chi connectivity index (χ0) is 13.7. The number of carbonyl (C=O) groups is 2. The number of likely N-dealkylation sites (N-methyl/N-ethyl adjacent to an activating group) is 1. The molecule has 0 spiro atoms. The van der Waals surface area contributed by atoms with Crippen LogP contribution in [-0.4, -0.2) is 35.8 Å². The molecular weight excluding hydrogens is 240 g/mol. The molecule has 0 radical (unpaired) electrons. The summed E-state index contributed by atoms with van der Waals surface area (Å²) in [7, 11) is 0. The van der Waals surface area contributed by atoms with Crippen molar-refractivity contribution in [3.8, 4) is 0 Å². The van der Waals surface area contributed by atoms with Gasteiger partial charge in [-0.3, -0.25) is 14.5 Å². The van der Waals surface area contributed by atoms with E-state index in [0.717, 1.165) is 13.0 Å². The average molecular weight is 266 g/mol. The number of imide groups is 1. The lowest BCUT2D eigenvalue weighted by Gasteiger charge is -2.35. The van der Waals surface area contributed by atoms with Crippen LogP contribution in [-0.2, 0) is 9.59 Å². The molecule has 4 nitrogen and oxygen atoms in total. The van der Waals surface area contributed by atoms with E-state index in [-0.39, 0.29) is 17.9 Å². The summed E-state index contributed by atoms with van der Waals surface area (Å²) in [5.74, 6) is 0.668. The van der Waals surface area contributed by atoms with Crippen molar-refractivity contribution in [3.05, 3.63) is 0 Å². The Bertz CT molecular complexity index is 308. The average Bonchev–Trinajstić information content (AvgIpc) is 2.43. The van der Waals surface area contributed by atoms with Crippen molar-refractivity contribution in [3.63, 3.8) is 0 Å². The van der Waals surface area contributed by atoms with E-state index in [2.05, 4.69) is 12.2 Å². The largest absolute Gasteiger partial charge is 0.312 e. The number of carbonyl (C=O) groups excluding carboxylic acids is 2. The van der Waals surface area contributed by atoms with Crippen molar-refractivity contribution < 1.29 is 9.59 Å². The van der Waals surface area contributed by atoms with E-state index in [4.69, 9.17) is 0 Å². The molecular formula is C15H26N2O2. The van der Waals surface area contributed by atoms with E-state index in [9.17, 15) is 9.59 Å². The molecule has 2 amide bonds. The van der Waals surface area contributed by atoms with Crippen molar-refractivity contribution in [1.29, 1.82) is 0 Å². The molecule has 0 bridgehead atoms. The highest BCUT2D eigenvalue weighted by atomic mass is 16.2. The van der Waals surface area contributed by atoms with Gasteiger partial charge in [0.1, 0.15) is 0 Å². The van der Waals surface area contributed by atoms with Crippen molar-refractivity contribution in [2.24, 2.45) is 5.92 Å². The van der Waals surface area contributed by atoms with Crippen molar-refractivity contribution in [1.82, 2.24) is 10.2 Å². The predicted molar refractivity (Wildman–Crippen MR) is 74.6 cm³/mol. The lowest BCUT2D eigenvalue weighted by molar-refractivity contribution is -0.148. The van der Waals surface area contributed by atoms with Gasteiger partial charge in [-0.15, -0.1) is 0 Å². The van der Waals surface area contributed by atoms with E-state index in [0.29, 0.717) is 25.3 Å². The Kier molecular flexibility index (Phi) is 5.37. The Hall–Kier alpha value is -0.900. The van der Waals surface area contributed by atoms with Crippen LogP contribution in [0.2, 0.25) is 0 Å². The number of rotatable bonds is 5. The predicted octanol–water partition coefficient (Wildman–Crippen LogP) is 2.08. The number of nitrogens with one attached hydrogen (secondary N) is 1. The molecule has 2 fully saturated rings. The number of hydrogen-bond donors (Lipinski definition) is 1. The molecule has 1 aliphatic heterocycles. The Morgan fingerprint density at radius 3 is 2.32 bits per heavy atom. The first kappa shape index (κ1) is 14.5.